The third-order valence-corrected chi connectivity index (χ3v) is 3.71. The molecule has 0 fully saturated rings. The first-order valence-corrected chi connectivity index (χ1v) is 6.88. The van der Waals surface area contributed by atoms with Crippen molar-refractivity contribution < 1.29 is 9.21 Å². The maximum Gasteiger partial charge on any atom is 0.265 e. The molecule has 1 atom stereocenters. The number of carbonyl (C=O) groups is 1. The van der Waals surface area contributed by atoms with E-state index in [1.54, 1.807) is 6.92 Å². The molecule has 1 aromatic carbocycles. The lowest BCUT2D eigenvalue weighted by Crippen LogP contribution is -2.26. The molecule has 0 aliphatic carbocycles. The molecule has 3 rings (SSSR count). The number of nitrogens with one attached hydrogen (secondary N) is 1. The lowest BCUT2D eigenvalue weighted by molar-refractivity contribution is 0.0938. The Bertz CT molecular complexity index is 731. The van der Waals surface area contributed by atoms with Crippen molar-refractivity contribution in [3.63, 3.8) is 0 Å². The van der Waals surface area contributed by atoms with E-state index in [0.717, 1.165) is 17.0 Å². The second kappa shape index (κ2) is 5.01. The number of nitrogens with zero attached hydrogens (tertiary/aromatic N) is 3. The number of rotatable bonds is 3. The number of carbonyl (C=O) groups excluding carboxylic acids is 1. The largest absolute Gasteiger partial charge is 0.438 e. The second-order valence-corrected chi connectivity index (χ2v) is 5.16. The Kier molecular flexibility index (Phi) is 3.19. The molecule has 3 aromatic rings. The molecule has 2 aromatic heterocycles. The molecule has 0 bridgehead atoms. The van der Waals surface area contributed by atoms with Crippen LogP contribution in [0.15, 0.2) is 28.7 Å². The van der Waals surface area contributed by atoms with Crippen LogP contribution in [-0.2, 0) is 0 Å². The zero-order valence-corrected chi connectivity index (χ0v) is 11.8. The minimum atomic E-state index is -0.323. The van der Waals surface area contributed by atoms with Crippen molar-refractivity contribution in [2.75, 3.05) is 0 Å². The van der Waals surface area contributed by atoms with Gasteiger partial charge in [-0.25, -0.2) is 4.98 Å². The normalized spacial score (nSPS) is 12.5. The van der Waals surface area contributed by atoms with E-state index in [4.69, 9.17) is 4.42 Å². The third-order valence-electron chi connectivity index (χ3n) is 2.89. The van der Waals surface area contributed by atoms with Gasteiger partial charge >= 0.3 is 0 Å². The quantitative estimate of drug-likeness (QED) is 0.800. The van der Waals surface area contributed by atoms with Crippen molar-refractivity contribution in [1.82, 2.24) is 19.9 Å². The number of benzene rings is 1. The number of aryl methyl sites for hydroxylation is 1. The van der Waals surface area contributed by atoms with E-state index in [-0.39, 0.29) is 11.9 Å². The van der Waals surface area contributed by atoms with Gasteiger partial charge in [0.05, 0.1) is 5.69 Å². The van der Waals surface area contributed by atoms with Crippen molar-refractivity contribution in [2.24, 2.45) is 0 Å². The number of hydrogen-bond acceptors (Lipinski definition) is 6. The summed E-state index contributed by atoms with van der Waals surface area (Å²) >= 11 is 1.08. The van der Waals surface area contributed by atoms with Crippen molar-refractivity contribution in [1.29, 1.82) is 0 Å². The summed E-state index contributed by atoms with van der Waals surface area (Å²) in [6, 6.07) is 7.17. The fourth-order valence-electron chi connectivity index (χ4n) is 1.84. The summed E-state index contributed by atoms with van der Waals surface area (Å²) in [5, 5.41) is 6.66. The monoisotopic (exact) mass is 288 g/mol. The van der Waals surface area contributed by atoms with E-state index in [1.807, 2.05) is 31.2 Å². The molecule has 20 heavy (non-hydrogen) atoms. The minimum absolute atomic E-state index is 0.216. The molecule has 0 aliphatic heterocycles. The van der Waals surface area contributed by atoms with Gasteiger partial charge < -0.3 is 9.73 Å². The Balaban J connectivity index is 1.80. The van der Waals surface area contributed by atoms with E-state index in [2.05, 4.69) is 19.9 Å². The molecule has 2 heterocycles. The highest BCUT2D eigenvalue weighted by Gasteiger charge is 2.19. The van der Waals surface area contributed by atoms with E-state index >= 15 is 0 Å². The van der Waals surface area contributed by atoms with Crippen LogP contribution < -0.4 is 5.32 Å². The molecule has 7 heteroatoms. The van der Waals surface area contributed by atoms with Gasteiger partial charge in [0.25, 0.3) is 5.91 Å². The van der Waals surface area contributed by atoms with Crippen LogP contribution in [0.5, 0.6) is 0 Å². The number of para-hydroxylation sites is 2. The Labute approximate surface area is 119 Å². The fraction of sp³-hybridized carbons (Fsp3) is 0.231. The molecule has 6 nitrogen and oxygen atoms in total. The van der Waals surface area contributed by atoms with Crippen LogP contribution in [-0.4, -0.2) is 20.5 Å². The first-order chi connectivity index (χ1) is 9.65. The summed E-state index contributed by atoms with van der Waals surface area (Å²) in [4.78, 5) is 16.9. The molecule has 0 spiro atoms. The second-order valence-electron chi connectivity index (χ2n) is 4.40. The first-order valence-electron chi connectivity index (χ1n) is 6.10. The lowest BCUT2D eigenvalue weighted by Gasteiger charge is -2.08. The van der Waals surface area contributed by atoms with E-state index < -0.39 is 0 Å². The highest BCUT2D eigenvalue weighted by atomic mass is 32.1. The number of amides is 1. The SMILES string of the molecule is Cc1nnsc1C(=O)NC(C)c1nc2ccccc2o1. The summed E-state index contributed by atoms with van der Waals surface area (Å²) in [5.41, 5.74) is 2.11. The third kappa shape index (κ3) is 2.27. The van der Waals surface area contributed by atoms with Crippen LogP contribution in [0.2, 0.25) is 0 Å². The van der Waals surface area contributed by atoms with Crippen LogP contribution in [0.25, 0.3) is 11.1 Å². The number of oxazole rings is 1. The van der Waals surface area contributed by atoms with Crippen LogP contribution in [0.3, 0.4) is 0 Å². The van der Waals surface area contributed by atoms with Gasteiger partial charge in [0, 0.05) is 0 Å². The summed E-state index contributed by atoms with van der Waals surface area (Å²) in [6.07, 6.45) is 0. The predicted molar refractivity (Wildman–Crippen MR) is 74.5 cm³/mol. The summed E-state index contributed by atoms with van der Waals surface area (Å²) in [6.45, 7) is 3.58. The van der Waals surface area contributed by atoms with Crippen LogP contribution in [0.4, 0.5) is 0 Å². The van der Waals surface area contributed by atoms with Crippen LogP contribution >= 0.6 is 11.5 Å². The van der Waals surface area contributed by atoms with E-state index in [0.29, 0.717) is 22.0 Å². The Morgan fingerprint density at radius 1 is 1.40 bits per heavy atom. The van der Waals surface area contributed by atoms with E-state index in [1.165, 1.54) is 0 Å². The van der Waals surface area contributed by atoms with Gasteiger partial charge in [-0.3, -0.25) is 4.79 Å². The molecule has 1 amide bonds. The molecule has 1 N–H and O–H groups in total. The summed E-state index contributed by atoms with van der Waals surface area (Å²) in [7, 11) is 0. The van der Waals surface area contributed by atoms with Gasteiger partial charge in [0.2, 0.25) is 5.89 Å². The van der Waals surface area contributed by atoms with Gasteiger partial charge in [-0.15, -0.1) is 5.10 Å². The van der Waals surface area contributed by atoms with Crippen molar-refractivity contribution in [3.8, 4) is 0 Å². The van der Waals surface area contributed by atoms with E-state index in [9.17, 15) is 4.79 Å². The van der Waals surface area contributed by atoms with Gasteiger partial charge in [-0.1, -0.05) is 16.6 Å². The van der Waals surface area contributed by atoms with Crippen molar-refractivity contribution in [3.05, 3.63) is 40.7 Å². The molecule has 102 valence electrons. The predicted octanol–water partition coefficient (Wildman–Crippen LogP) is 2.48. The molecule has 1 unspecified atom stereocenters. The minimum Gasteiger partial charge on any atom is -0.438 e. The van der Waals surface area contributed by atoms with Crippen molar-refractivity contribution >= 4 is 28.5 Å². The van der Waals surface area contributed by atoms with Crippen molar-refractivity contribution in [2.45, 2.75) is 19.9 Å². The molecule has 0 aliphatic rings. The average molecular weight is 288 g/mol. The van der Waals surface area contributed by atoms with Gasteiger partial charge in [0.15, 0.2) is 5.58 Å². The molecule has 0 saturated carbocycles. The molecule has 0 saturated heterocycles. The zero-order valence-electron chi connectivity index (χ0n) is 11.0. The standard InChI is InChI=1S/C13H12N4O2S/c1-7-11(20-17-16-7)12(18)14-8(2)13-15-9-5-3-4-6-10(9)19-13/h3-6,8H,1-2H3,(H,14,18). The topological polar surface area (TPSA) is 80.9 Å². The first kappa shape index (κ1) is 12.7. The Morgan fingerprint density at radius 3 is 2.90 bits per heavy atom. The maximum atomic E-state index is 12.1. The van der Waals surface area contributed by atoms with Gasteiger partial charge in [0.1, 0.15) is 16.4 Å². The number of hydrogen-bond donors (Lipinski definition) is 1. The molecule has 0 radical (unpaired) electrons. The lowest BCUT2D eigenvalue weighted by atomic mass is 10.3. The number of aromatic nitrogens is 3. The smallest absolute Gasteiger partial charge is 0.265 e. The van der Waals surface area contributed by atoms with Gasteiger partial charge in [-0.2, -0.15) is 0 Å². The fourth-order valence-corrected chi connectivity index (χ4v) is 2.40. The highest BCUT2D eigenvalue weighted by Crippen LogP contribution is 2.20. The van der Waals surface area contributed by atoms with Crippen LogP contribution in [0.1, 0.15) is 34.2 Å². The van der Waals surface area contributed by atoms with Crippen LogP contribution in [0, 0.1) is 6.92 Å². The molecular formula is C13H12N4O2S. The summed E-state index contributed by atoms with van der Waals surface area (Å²) in [5.74, 6) is 0.266. The number of fused-ring (bicyclic) bond motifs is 1. The maximum absolute atomic E-state index is 12.1. The average Bonchev–Trinajstić information content (AvgIpc) is 3.04. The highest BCUT2D eigenvalue weighted by molar-refractivity contribution is 7.08. The zero-order chi connectivity index (χ0) is 14.1. The Hall–Kier alpha value is -2.28. The Morgan fingerprint density at radius 2 is 2.20 bits per heavy atom. The van der Waals surface area contributed by atoms with Gasteiger partial charge in [-0.05, 0) is 37.5 Å². The molecular weight excluding hydrogens is 276 g/mol. The summed E-state index contributed by atoms with van der Waals surface area (Å²) < 4.78 is 9.37.